The lowest BCUT2D eigenvalue weighted by Crippen LogP contribution is -2.76. The van der Waals surface area contributed by atoms with E-state index in [4.69, 9.17) is 15.2 Å². The number of benzene rings is 1. The van der Waals surface area contributed by atoms with Crippen molar-refractivity contribution >= 4 is 29.9 Å². The van der Waals surface area contributed by atoms with Crippen LogP contribution in [0.4, 0.5) is 5.69 Å². The van der Waals surface area contributed by atoms with E-state index in [9.17, 15) is 9.59 Å². The normalized spacial score (nSPS) is 22.4. The molecule has 0 spiro atoms. The van der Waals surface area contributed by atoms with Gasteiger partial charge in [-0.3, -0.25) is 9.59 Å². The van der Waals surface area contributed by atoms with E-state index in [1.165, 1.54) is 4.90 Å². The fourth-order valence-corrected chi connectivity index (χ4v) is 3.48. The predicted molar refractivity (Wildman–Crippen MR) is 112 cm³/mol. The van der Waals surface area contributed by atoms with Gasteiger partial charge in [-0.25, -0.2) is 0 Å². The van der Waals surface area contributed by atoms with E-state index in [1.54, 1.807) is 31.4 Å². The molecule has 1 aromatic rings. The summed E-state index contributed by atoms with van der Waals surface area (Å²) in [5.74, 6) is 0.155. The maximum Gasteiger partial charge on any atom is 0.243 e. The largest absolute Gasteiger partial charge is 0.497 e. The third-order valence-electron chi connectivity index (χ3n) is 5.57. The Morgan fingerprint density at radius 1 is 1.32 bits per heavy atom. The first-order valence-corrected chi connectivity index (χ1v) is 9.33. The van der Waals surface area contributed by atoms with E-state index in [2.05, 4.69) is 5.32 Å². The number of rotatable bonds is 8. The molecule has 2 atom stereocenters. The second kappa shape index (κ2) is 9.58. The van der Waals surface area contributed by atoms with E-state index < -0.39 is 11.0 Å². The van der Waals surface area contributed by atoms with Crippen molar-refractivity contribution < 1.29 is 19.1 Å². The Bertz CT molecular complexity index is 698. The van der Waals surface area contributed by atoms with Gasteiger partial charge in [0.05, 0.1) is 19.8 Å². The average molecular weight is 414 g/mol. The Balaban J connectivity index is 0.00000392. The summed E-state index contributed by atoms with van der Waals surface area (Å²) in [4.78, 5) is 27.0. The number of likely N-dealkylation sites (N-methyl/N-ethyl adjacent to an activating group) is 1. The molecule has 0 aromatic heterocycles. The molecule has 1 aliphatic rings. The molecular weight excluding hydrogens is 382 g/mol. The summed E-state index contributed by atoms with van der Waals surface area (Å²) >= 11 is 0. The van der Waals surface area contributed by atoms with Gasteiger partial charge in [0.25, 0.3) is 0 Å². The first kappa shape index (κ1) is 24.2. The van der Waals surface area contributed by atoms with Crippen molar-refractivity contribution in [3.63, 3.8) is 0 Å². The Kier molecular flexibility index (Phi) is 8.29. The van der Waals surface area contributed by atoms with E-state index in [0.717, 1.165) is 0 Å². The molecule has 0 saturated heterocycles. The van der Waals surface area contributed by atoms with Crippen molar-refractivity contribution in [2.24, 2.45) is 11.1 Å². The Morgan fingerprint density at radius 2 is 2.00 bits per heavy atom. The molecule has 1 fully saturated rings. The summed E-state index contributed by atoms with van der Waals surface area (Å²) < 4.78 is 10.8. The maximum absolute atomic E-state index is 13.1. The molecule has 0 bridgehead atoms. The van der Waals surface area contributed by atoms with Crippen molar-refractivity contribution in [2.75, 3.05) is 32.1 Å². The van der Waals surface area contributed by atoms with Crippen LogP contribution in [0.25, 0.3) is 0 Å². The van der Waals surface area contributed by atoms with Crippen LogP contribution in [0.5, 0.6) is 5.75 Å². The van der Waals surface area contributed by atoms with Gasteiger partial charge in [0.1, 0.15) is 11.3 Å². The number of amides is 2. The SMILES string of the molecule is CCOC1CC(N)(C(=O)N(CC)CC(=O)Nc2cccc(OC)c2)C1(C)C.Cl. The highest BCUT2D eigenvalue weighted by atomic mass is 35.5. The van der Waals surface area contributed by atoms with Crippen LogP contribution in [0.3, 0.4) is 0 Å². The minimum Gasteiger partial charge on any atom is -0.497 e. The molecule has 0 heterocycles. The molecule has 28 heavy (non-hydrogen) atoms. The van der Waals surface area contributed by atoms with Crippen LogP contribution in [-0.4, -0.2) is 55.2 Å². The molecular formula is C20H32ClN3O4. The smallest absolute Gasteiger partial charge is 0.243 e. The first-order chi connectivity index (χ1) is 12.7. The number of anilines is 1. The quantitative estimate of drug-likeness (QED) is 0.682. The van der Waals surface area contributed by atoms with Gasteiger partial charge >= 0.3 is 0 Å². The predicted octanol–water partition coefficient (Wildman–Crippen LogP) is 2.44. The van der Waals surface area contributed by atoms with E-state index >= 15 is 0 Å². The van der Waals surface area contributed by atoms with Crippen LogP contribution in [0, 0.1) is 5.41 Å². The number of nitrogens with two attached hydrogens (primary N) is 1. The second-order valence-electron chi connectivity index (χ2n) is 7.44. The van der Waals surface area contributed by atoms with Crippen LogP contribution in [0.2, 0.25) is 0 Å². The molecule has 3 N–H and O–H groups in total. The third kappa shape index (κ3) is 4.59. The highest BCUT2D eigenvalue weighted by Crippen LogP contribution is 2.50. The van der Waals surface area contributed by atoms with Gasteiger partial charge < -0.3 is 25.4 Å². The van der Waals surface area contributed by atoms with Crippen LogP contribution in [-0.2, 0) is 14.3 Å². The monoisotopic (exact) mass is 413 g/mol. The molecule has 0 aliphatic heterocycles. The number of carbonyl (C=O) groups is 2. The van der Waals surface area contributed by atoms with Crippen LogP contribution < -0.4 is 15.8 Å². The third-order valence-corrected chi connectivity index (χ3v) is 5.57. The number of halogens is 1. The van der Waals surface area contributed by atoms with Gasteiger partial charge in [-0.1, -0.05) is 19.9 Å². The number of nitrogens with one attached hydrogen (secondary N) is 1. The Hall–Kier alpha value is -1.83. The average Bonchev–Trinajstić information content (AvgIpc) is 2.65. The molecule has 8 heteroatoms. The van der Waals surface area contributed by atoms with Gasteiger partial charge in [0.15, 0.2) is 0 Å². The summed E-state index contributed by atoms with van der Waals surface area (Å²) in [6.45, 7) is 8.58. The van der Waals surface area contributed by atoms with Gasteiger partial charge in [-0.15, -0.1) is 12.4 Å². The standard InChI is InChI=1S/C20H31N3O4.ClH/c1-6-23(13-17(24)22-14-9-8-10-15(11-14)26-5)18(25)20(21)12-16(27-7-2)19(20,3)4;/h8-11,16H,6-7,12-13,21H2,1-5H3,(H,22,24);1H. The molecule has 0 radical (unpaired) electrons. The van der Waals surface area contributed by atoms with E-state index in [-0.39, 0.29) is 36.9 Å². The zero-order valence-electron chi connectivity index (χ0n) is 17.3. The molecule has 1 aromatic carbocycles. The topological polar surface area (TPSA) is 93.9 Å². The van der Waals surface area contributed by atoms with Gasteiger partial charge in [-0.05, 0) is 26.0 Å². The molecule has 7 nitrogen and oxygen atoms in total. The lowest BCUT2D eigenvalue weighted by molar-refractivity contribution is -0.179. The molecule has 2 unspecified atom stereocenters. The summed E-state index contributed by atoms with van der Waals surface area (Å²) in [5.41, 5.74) is 5.57. The highest BCUT2D eigenvalue weighted by Gasteiger charge is 2.63. The maximum atomic E-state index is 13.1. The van der Waals surface area contributed by atoms with Crippen LogP contribution in [0.15, 0.2) is 24.3 Å². The van der Waals surface area contributed by atoms with Crippen molar-refractivity contribution in [1.82, 2.24) is 4.90 Å². The molecule has 2 amide bonds. The van der Waals surface area contributed by atoms with Crippen LogP contribution in [0.1, 0.15) is 34.1 Å². The van der Waals surface area contributed by atoms with Gasteiger partial charge in [-0.2, -0.15) is 0 Å². The van der Waals surface area contributed by atoms with E-state index in [0.29, 0.717) is 31.0 Å². The Morgan fingerprint density at radius 3 is 2.54 bits per heavy atom. The number of ether oxygens (including phenoxy) is 2. The summed E-state index contributed by atoms with van der Waals surface area (Å²) in [6, 6.07) is 7.08. The summed E-state index contributed by atoms with van der Waals surface area (Å²) in [5, 5.41) is 2.80. The lowest BCUT2D eigenvalue weighted by Gasteiger charge is -2.58. The Labute approximate surface area is 173 Å². The van der Waals surface area contributed by atoms with Crippen LogP contribution >= 0.6 is 12.4 Å². The fraction of sp³-hybridized carbons (Fsp3) is 0.600. The molecule has 1 aliphatic carbocycles. The highest BCUT2D eigenvalue weighted by molar-refractivity contribution is 5.97. The molecule has 158 valence electrons. The number of hydrogen-bond donors (Lipinski definition) is 2. The zero-order chi connectivity index (χ0) is 20.2. The first-order valence-electron chi connectivity index (χ1n) is 9.33. The number of carbonyl (C=O) groups excluding carboxylic acids is 2. The number of hydrogen-bond acceptors (Lipinski definition) is 5. The zero-order valence-corrected chi connectivity index (χ0v) is 18.1. The van der Waals surface area contributed by atoms with Gasteiger partial charge in [0, 0.05) is 36.7 Å². The number of methoxy groups -OCH3 is 1. The summed E-state index contributed by atoms with van der Waals surface area (Å²) in [6.07, 6.45) is 0.404. The van der Waals surface area contributed by atoms with E-state index in [1.807, 2.05) is 27.7 Å². The fourth-order valence-electron chi connectivity index (χ4n) is 3.48. The molecule has 2 rings (SSSR count). The second-order valence-corrected chi connectivity index (χ2v) is 7.44. The lowest BCUT2D eigenvalue weighted by atomic mass is 9.54. The summed E-state index contributed by atoms with van der Waals surface area (Å²) in [7, 11) is 1.56. The van der Waals surface area contributed by atoms with Crippen molar-refractivity contribution in [3.05, 3.63) is 24.3 Å². The number of nitrogens with zero attached hydrogens (tertiary/aromatic N) is 1. The van der Waals surface area contributed by atoms with Crippen molar-refractivity contribution in [2.45, 2.75) is 45.8 Å². The minimum absolute atomic E-state index is 0. The molecule has 1 saturated carbocycles. The minimum atomic E-state index is -1.03. The van der Waals surface area contributed by atoms with Gasteiger partial charge in [0.2, 0.25) is 11.8 Å². The van der Waals surface area contributed by atoms with Crippen molar-refractivity contribution in [3.8, 4) is 5.75 Å². The van der Waals surface area contributed by atoms with Crippen molar-refractivity contribution in [1.29, 1.82) is 0 Å².